The van der Waals surface area contributed by atoms with Gasteiger partial charge in [0.1, 0.15) is 11.1 Å². The lowest BCUT2D eigenvalue weighted by Gasteiger charge is -2.20. The second-order valence-electron chi connectivity index (χ2n) is 6.29. The third-order valence-electron chi connectivity index (χ3n) is 4.68. The largest absolute Gasteiger partial charge is 0.477 e. The van der Waals surface area contributed by atoms with Gasteiger partial charge in [-0.3, -0.25) is 4.79 Å². The van der Waals surface area contributed by atoms with Gasteiger partial charge in [-0.05, 0) is 38.9 Å². The first-order chi connectivity index (χ1) is 12.0. The molecular weight excluding hydrogens is 327 g/mol. The summed E-state index contributed by atoms with van der Waals surface area (Å²) in [5.41, 5.74) is -0.493. The molecule has 0 aromatic carbocycles. The molecule has 0 bridgehead atoms. The Morgan fingerprint density at radius 1 is 1.52 bits per heavy atom. The van der Waals surface area contributed by atoms with E-state index in [9.17, 15) is 19.1 Å². The first kappa shape index (κ1) is 17.3. The highest BCUT2D eigenvalue weighted by Crippen LogP contribution is 2.28. The molecule has 1 fully saturated rings. The second kappa shape index (κ2) is 6.79. The van der Waals surface area contributed by atoms with Crippen LogP contribution in [0.5, 0.6) is 0 Å². The minimum atomic E-state index is -1.34. The van der Waals surface area contributed by atoms with Crippen molar-refractivity contribution in [3.63, 3.8) is 0 Å². The number of carbonyl (C=O) groups is 1. The van der Waals surface area contributed by atoms with Crippen LogP contribution >= 0.6 is 0 Å². The average molecular weight is 348 g/mol. The maximum absolute atomic E-state index is 14.6. The number of carboxylic acids is 1. The molecule has 1 aliphatic heterocycles. The van der Waals surface area contributed by atoms with E-state index >= 15 is 0 Å². The fourth-order valence-electron chi connectivity index (χ4n) is 3.41. The number of aromatic carboxylic acids is 1. The van der Waals surface area contributed by atoms with Crippen molar-refractivity contribution >= 4 is 22.7 Å². The summed E-state index contributed by atoms with van der Waals surface area (Å²) in [5, 5.41) is 12.3. The van der Waals surface area contributed by atoms with Crippen LogP contribution in [0.4, 0.5) is 10.1 Å². The third-order valence-corrected chi connectivity index (χ3v) is 4.68. The summed E-state index contributed by atoms with van der Waals surface area (Å²) in [6, 6.07) is 1.61. The number of anilines is 1. The van der Waals surface area contributed by atoms with Gasteiger partial charge in [0.25, 0.3) is 0 Å². The highest BCUT2D eigenvalue weighted by atomic mass is 19.1. The van der Waals surface area contributed by atoms with Crippen LogP contribution in [-0.4, -0.2) is 47.3 Å². The Morgan fingerprint density at radius 2 is 2.28 bits per heavy atom. The molecule has 0 saturated carbocycles. The number of fused-ring (bicyclic) bond motifs is 1. The SMILES string of the molecule is CCn1cc(C(=O)O)c(=O)c2nc(F)c(N3CCC(CNC)C3)cc21. The monoisotopic (exact) mass is 348 g/mol. The van der Waals surface area contributed by atoms with Crippen LogP contribution in [0.2, 0.25) is 0 Å². The van der Waals surface area contributed by atoms with E-state index in [4.69, 9.17) is 0 Å². The maximum Gasteiger partial charge on any atom is 0.341 e. The molecular formula is C17H21FN4O3. The molecule has 2 aromatic heterocycles. The van der Waals surface area contributed by atoms with Crippen molar-refractivity contribution in [1.82, 2.24) is 14.9 Å². The number of aromatic nitrogens is 2. The smallest absolute Gasteiger partial charge is 0.341 e. The van der Waals surface area contributed by atoms with E-state index in [1.165, 1.54) is 6.20 Å². The average Bonchev–Trinajstić information content (AvgIpc) is 3.03. The lowest BCUT2D eigenvalue weighted by molar-refractivity contribution is 0.0695. The predicted octanol–water partition coefficient (Wildman–Crippen LogP) is 1.30. The Hall–Kier alpha value is -2.48. The van der Waals surface area contributed by atoms with Gasteiger partial charge in [-0.2, -0.15) is 4.39 Å². The molecule has 1 saturated heterocycles. The maximum atomic E-state index is 14.6. The summed E-state index contributed by atoms with van der Waals surface area (Å²) >= 11 is 0. The Bertz CT molecular complexity index is 880. The fourth-order valence-corrected chi connectivity index (χ4v) is 3.41. The molecule has 1 unspecified atom stereocenters. The van der Waals surface area contributed by atoms with Gasteiger partial charge in [0.05, 0.1) is 11.2 Å². The van der Waals surface area contributed by atoms with E-state index in [1.807, 2.05) is 18.9 Å². The molecule has 3 rings (SSSR count). The first-order valence-electron chi connectivity index (χ1n) is 8.32. The van der Waals surface area contributed by atoms with Gasteiger partial charge >= 0.3 is 5.97 Å². The molecule has 1 aliphatic rings. The van der Waals surface area contributed by atoms with Crippen molar-refractivity contribution < 1.29 is 14.3 Å². The van der Waals surface area contributed by atoms with E-state index < -0.39 is 22.9 Å². The predicted molar refractivity (Wildman–Crippen MR) is 92.8 cm³/mol. The number of halogens is 1. The first-order valence-corrected chi connectivity index (χ1v) is 8.32. The number of aryl methyl sites for hydroxylation is 1. The highest BCUT2D eigenvalue weighted by Gasteiger charge is 2.26. The van der Waals surface area contributed by atoms with E-state index in [-0.39, 0.29) is 5.52 Å². The quantitative estimate of drug-likeness (QED) is 0.792. The van der Waals surface area contributed by atoms with E-state index in [1.54, 1.807) is 10.6 Å². The van der Waals surface area contributed by atoms with Gasteiger partial charge in [0, 0.05) is 25.8 Å². The summed E-state index contributed by atoms with van der Waals surface area (Å²) in [5.74, 6) is -1.64. The van der Waals surface area contributed by atoms with Crippen LogP contribution in [0.15, 0.2) is 17.1 Å². The van der Waals surface area contributed by atoms with Crippen molar-refractivity contribution in [3.05, 3.63) is 34.0 Å². The van der Waals surface area contributed by atoms with Crippen molar-refractivity contribution in [2.45, 2.75) is 19.9 Å². The number of pyridine rings is 2. The normalized spacial score (nSPS) is 17.4. The Balaban J connectivity index is 2.12. The van der Waals surface area contributed by atoms with Gasteiger partial charge in [-0.1, -0.05) is 0 Å². The minimum absolute atomic E-state index is 0.144. The number of hydrogen-bond donors (Lipinski definition) is 2. The molecule has 0 aliphatic carbocycles. The number of rotatable bonds is 5. The molecule has 0 amide bonds. The summed E-state index contributed by atoms with van der Waals surface area (Å²) in [4.78, 5) is 29.3. The molecule has 0 spiro atoms. The lowest BCUT2D eigenvalue weighted by atomic mass is 10.1. The molecule has 134 valence electrons. The van der Waals surface area contributed by atoms with E-state index in [2.05, 4.69) is 10.3 Å². The van der Waals surface area contributed by atoms with Crippen LogP contribution in [0.3, 0.4) is 0 Å². The highest BCUT2D eigenvalue weighted by molar-refractivity contribution is 5.92. The third kappa shape index (κ3) is 3.09. The summed E-state index contributed by atoms with van der Waals surface area (Å²) in [6.07, 6.45) is 2.25. The minimum Gasteiger partial charge on any atom is -0.477 e. The van der Waals surface area contributed by atoms with Gasteiger partial charge in [0.2, 0.25) is 11.4 Å². The van der Waals surface area contributed by atoms with Gasteiger partial charge < -0.3 is 19.9 Å². The Kier molecular flexibility index (Phi) is 4.71. The molecule has 7 nitrogen and oxygen atoms in total. The summed E-state index contributed by atoms with van der Waals surface area (Å²) in [7, 11) is 1.89. The van der Waals surface area contributed by atoms with E-state index in [0.717, 1.165) is 19.5 Å². The molecule has 2 aromatic rings. The summed E-state index contributed by atoms with van der Waals surface area (Å²) < 4.78 is 16.2. The van der Waals surface area contributed by atoms with Crippen molar-refractivity contribution in [1.29, 1.82) is 0 Å². The molecule has 2 N–H and O–H groups in total. The fraction of sp³-hybridized carbons (Fsp3) is 0.471. The molecule has 0 radical (unpaired) electrons. The zero-order valence-corrected chi connectivity index (χ0v) is 14.3. The standard InChI is InChI=1S/C17H21FN4O3/c1-3-21-9-11(17(24)25)15(23)14-12(21)6-13(16(18)20-14)22-5-4-10(8-22)7-19-2/h6,9-10,19H,3-5,7-8H2,1-2H3,(H,24,25). The molecule has 25 heavy (non-hydrogen) atoms. The zero-order valence-electron chi connectivity index (χ0n) is 14.3. The van der Waals surface area contributed by atoms with Crippen LogP contribution in [-0.2, 0) is 6.54 Å². The Labute approximate surface area is 144 Å². The van der Waals surface area contributed by atoms with E-state index in [0.29, 0.717) is 30.2 Å². The lowest BCUT2D eigenvalue weighted by Crippen LogP contribution is -2.26. The summed E-state index contributed by atoms with van der Waals surface area (Å²) in [6.45, 7) is 4.58. The van der Waals surface area contributed by atoms with Gasteiger partial charge in [0.15, 0.2) is 0 Å². The second-order valence-corrected chi connectivity index (χ2v) is 6.29. The van der Waals surface area contributed by atoms with Gasteiger partial charge in [-0.15, -0.1) is 0 Å². The molecule has 8 heteroatoms. The van der Waals surface area contributed by atoms with Crippen molar-refractivity contribution in [3.8, 4) is 0 Å². The number of hydrogen-bond acceptors (Lipinski definition) is 5. The van der Waals surface area contributed by atoms with Crippen LogP contribution < -0.4 is 15.6 Å². The zero-order chi connectivity index (χ0) is 18.1. The number of nitrogens with zero attached hydrogens (tertiary/aromatic N) is 3. The van der Waals surface area contributed by atoms with Crippen LogP contribution in [0.25, 0.3) is 11.0 Å². The molecule has 3 heterocycles. The van der Waals surface area contributed by atoms with Crippen LogP contribution in [0.1, 0.15) is 23.7 Å². The molecule has 1 atom stereocenters. The number of carboxylic acid groups (broad SMARTS) is 1. The topological polar surface area (TPSA) is 87.5 Å². The number of nitrogens with one attached hydrogen (secondary N) is 1. The van der Waals surface area contributed by atoms with Crippen LogP contribution in [0, 0.1) is 11.9 Å². The van der Waals surface area contributed by atoms with Crippen molar-refractivity contribution in [2.24, 2.45) is 5.92 Å². The Morgan fingerprint density at radius 3 is 2.92 bits per heavy atom. The van der Waals surface area contributed by atoms with Gasteiger partial charge in [-0.25, -0.2) is 9.78 Å². The van der Waals surface area contributed by atoms with Crippen molar-refractivity contribution in [2.75, 3.05) is 31.6 Å².